The molecule has 0 rings (SSSR count). The fourth-order valence-corrected chi connectivity index (χ4v) is 4.25. The summed E-state index contributed by atoms with van der Waals surface area (Å²) in [6.45, 7) is 0. The molecule has 6 heteroatoms. The molecule has 68 valence electrons. The second kappa shape index (κ2) is 6.84. The van der Waals surface area contributed by atoms with Gasteiger partial charge >= 0.3 is 0 Å². The maximum Gasteiger partial charge on any atom is 0.235 e. The number of hydrogen-bond donors (Lipinski definition) is 0. The Bertz CT molecular complexity index is 78.6. The van der Waals surface area contributed by atoms with E-state index in [1.54, 1.807) is 0 Å². The number of alkyl halides is 4. The summed E-state index contributed by atoms with van der Waals surface area (Å²) in [5, 5.41) is 0. The van der Waals surface area contributed by atoms with Crippen LogP contribution in [0.3, 0.4) is 0 Å². The van der Waals surface area contributed by atoms with E-state index < -0.39 is 31.5 Å². The Balaban J connectivity index is 2.91. The first-order chi connectivity index (χ1) is 5.13. The minimum absolute atomic E-state index is 0.00234. The third-order valence-electron chi connectivity index (χ3n) is 1.34. The number of rotatable bonds is 6. The Morgan fingerprint density at radius 3 is 2.09 bits per heavy atom. The maximum absolute atomic E-state index is 11.5. The second-order valence-electron chi connectivity index (χ2n) is 2.42. The lowest BCUT2D eigenvalue weighted by molar-refractivity contribution is 0.171. The normalized spacial score (nSPS) is 13.6. The van der Waals surface area contributed by atoms with E-state index in [0.29, 0.717) is 12.1 Å². The molecule has 0 bridgehead atoms. The van der Waals surface area contributed by atoms with E-state index >= 15 is 0 Å². The lowest BCUT2D eigenvalue weighted by Crippen LogP contribution is -2.05. The molecule has 0 unspecified atom stereocenters. The molecule has 0 saturated heterocycles. The zero-order valence-corrected chi connectivity index (χ0v) is 9.03. The molecule has 0 spiro atoms. The van der Waals surface area contributed by atoms with E-state index in [1.165, 1.54) is 0 Å². The summed E-state index contributed by atoms with van der Waals surface area (Å²) in [4.78, 5) is 0. The first-order valence-corrected chi connectivity index (χ1v) is 7.51. The Morgan fingerprint density at radius 2 is 1.64 bits per heavy atom. The van der Waals surface area contributed by atoms with Gasteiger partial charge in [-0.2, -0.15) is 0 Å². The van der Waals surface area contributed by atoms with Gasteiger partial charge in [0.2, 0.25) is 12.5 Å². The largest absolute Gasteiger partial charge is 0.235 e. The SMILES string of the molecule is FC(F)C[SiH2]CC[SiH2]C(F)F. The van der Waals surface area contributed by atoms with Crippen molar-refractivity contribution < 1.29 is 17.6 Å². The Morgan fingerprint density at radius 1 is 1.00 bits per heavy atom. The third-order valence-corrected chi connectivity index (χ3v) is 5.53. The van der Waals surface area contributed by atoms with Gasteiger partial charge in [-0.3, -0.25) is 0 Å². The first kappa shape index (κ1) is 11.2. The molecular weight excluding hydrogens is 192 g/mol. The highest BCUT2D eigenvalue weighted by Gasteiger charge is 2.05. The molecule has 0 aliphatic rings. The van der Waals surface area contributed by atoms with Gasteiger partial charge in [0.05, 0.1) is 0 Å². The molecule has 0 radical (unpaired) electrons. The van der Waals surface area contributed by atoms with Gasteiger partial charge in [0, 0.05) is 9.52 Å². The van der Waals surface area contributed by atoms with Gasteiger partial charge in [-0.05, 0) is 6.04 Å². The van der Waals surface area contributed by atoms with Crippen molar-refractivity contribution in [2.45, 2.75) is 30.6 Å². The van der Waals surface area contributed by atoms with Crippen LogP contribution in [0.5, 0.6) is 0 Å². The van der Waals surface area contributed by atoms with Crippen molar-refractivity contribution in [2.24, 2.45) is 0 Å². The van der Waals surface area contributed by atoms with E-state index in [-0.39, 0.29) is 6.04 Å². The van der Waals surface area contributed by atoms with Gasteiger partial charge in [-0.15, -0.1) is 0 Å². The lowest BCUT2D eigenvalue weighted by atomic mass is 10.8. The second-order valence-corrected chi connectivity index (χ2v) is 6.31. The zero-order chi connectivity index (χ0) is 8.69. The molecule has 0 fully saturated rings. The van der Waals surface area contributed by atoms with Gasteiger partial charge in [0.1, 0.15) is 9.52 Å². The molecule has 11 heavy (non-hydrogen) atoms. The molecule has 0 aromatic carbocycles. The van der Waals surface area contributed by atoms with Crippen LogP contribution >= 0.6 is 0 Å². The molecule has 0 aromatic heterocycles. The molecule has 0 N–H and O–H groups in total. The van der Waals surface area contributed by atoms with E-state index in [1.807, 2.05) is 0 Å². The van der Waals surface area contributed by atoms with Crippen LogP contribution in [0, 0.1) is 0 Å². The molecule has 0 atom stereocenters. The minimum atomic E-state index is -2.21. The third kappa shape index (κ3) is 10.2. The summed E-state index contributed by atoms with van der Waals surface area (Å²) in [7, 11) is -1.97. The van der Waals surface area contributed by atoms with Crippen molar-refractivity contribution in [3.8, 4) is 0 Å². The molecule has 0 saturated carbocycles. The Kier molecular flexibility index (Phi) is 6.93. The monoisotopic (exact) mass is 204 g/mol. The molecule has 0 aliphatic carbocycles. The standard InChI is InChI=1S/C5H12F4Si2/c6-4(7)3-10-1-2-11-5(8)9/h4-5H,1-3,10-11H2. The first-order valence-electron chi connectivity index (χ1n) is 3.69. The van der Waals surface area contributed by atoms with Gasteiger partial charge in [0.25, 0.3) is 0 Å². The summed E-state index contributed by atoms with van der Waals surface area (Å²) in [5.41, 5.74) is 0. The molecule has 0 nitrogen and oxygen atoms in total. The van der Waals surface area contributed by atoms with Crippen molar-refractivity contribution >= 4 is 19.0 Å². The summed E-state index contributed by atoms with van der Waals surface area (Å²) in [6.07, 6.45) is -2.21. The quantitative estimate of drug-likeness (QED) is 0.345. The summed E-state index contributed by atoms with van der Waals surface area (Å²) in [6, 6.07) is -0.898. The van der Waals surface area contributed by atoms with Crippen molar-refractivity contribution in [1.29, 1.82) is 0 Å². The van der Waals surface area contributed by atoms with Gasteiger partial charge in [0.15, 0.2) is 0 Å². The van der Waals surface area contributed by atoms with Crippen LogP contribution in [0.4, 0.5) is 17.6 Å². The predicted octanol–water partition coefficient (Wildman–Crippen LogP) is 1.07. The minimum Gasteiger partial charge on any atom is -0.216 e. The van der Waals surface area contributed by atoms with E-state index in [9.17, 15) is 17.6 Å². The lowest BCUT2D eigenvalue weighted by Gasteiger charge is -1.98. The van der Waals surface area contributed by atoms with Crippen molar-refractivity contribution in [1.82, 2.24) is 0 Å². The summed E-state index contributed by atoms with van der Waals surface area (Å²) < 4.78 is 46.1. The highest BCUT2D eigenvalue weighted by Crippen LogP contribution is 2.03. The number of halogens is 4. The van der Waals surface area contributed by atoms with Crippen LogP contribution < -0.4 is 0 Å². The van der Waals surface area contributed by atoms with Gasteiger partial charge in [-0.25, -0.2) is 17.6 Å². The fraction of sp³-hybridized carbons (Fsp3) is 1.00. The van der Waals surface area contributed by atoms with Crippen LogP contribution in [0.2, 0.25) is 18.1 Å². The molecule has 0 aliphatic heterocycles. The van der Waals surface area contributed by atoms with Crippen LogP contribution in [-0.4, -0.2) is 31.5 Å². The van der Waals surface area contributed by atoms with Gasteiger partial charge in [-0.1, -0.05) is 12.1 Å². The van der Waals surface area contributed by atoms with Crippen molar-refractivity contribution in [2.75, 3.05) is 0 Å². The summed E-state index contributed by atoms with van der Waals surface area (Å²) in [5.74, 6) is 0. The van der Waals surface area contributed by atoms with Crippen LogP contribution in [0.25, 0.3) is 0 Å². The van der Waals surface area contributed by atoms with Crippen molar-refractivity contribution in [3.05, 3.63) is 0 Å². The van der Waals surface area contributed by atoms with Crippen molar-refractivity contribution in [3.63, 3.8) is 0 Å². The average molecular weight is 204 g/mol. The summed E-state index contributed by atoms with van der Waals surface area (Å²) >= 11 is 0. The van der Waals surface area contributed by atoms with Crippen LogP contribution in [-0.2, 0) is 0 Å². The number of hydrogen-bond acceptors (Lipinski definition) is 0. The smallest absolute Gasteiger partial charge is 0.216 e. The highest BCUT2D eigenvalue weighted by atomic mass is 28.2. The molecule has 0 amide bonds. The van der Waals surface area contributed by atoms with E-state index in [0.717, 1.165) is 0 Å². The van der Waals surface area contributed by atoms with Crippen LogP contribution in [0.1, 0.15) is 0 Å². The topological polar surface area (TPSA) is 0 Å². The van der Waals surface area contributed by atoms with Crippen LogP contribution in [0.15, 0.2) is 0 Å². The van der Waals surface area contributed by atoms with E-state index in [4.69, 9.17) is 0 Å². The van der Waals surface area contributed by atoms with Gasteiger partial charge < -0.3 is 0 Å². The average Bonchev–Trinajstić information content (AvgIpc) is 1.85. The Hall–Kier alpha value is 0.154. The predicted molar refractivity (Wildman–Crippen MR) is 43.5 cm³/mol. The molecular formula is C5H12F4Si2. The maximum atomic E-state index is 11.5. The van der Waals surface area contributed by atoms with E-state index in [2.05, 4.69) is 0 Å². The molecule has 0 heterocycles. The molecule has 0 aromatic rings. The highest BCUT2D eigenvalue weighted by molar-refractivity contribution is 6.42. The fourth-order valence-electron chi connectivity index (χ4n) is 0.774. The Labute approximate surface area is 68.0 Å². The zero-order valence-electron chi connectivity index (χ0n) is 6.20.